The van der Waals surface area contributed by atoms with E-state index in [1.54, 1.807) is 31.0 Å². The molecular formula is C24H39ClSi. The van der Waals surface area contributed by atoms with Crippen LogP contribution in [0.2, 0.25) is 23.2 Å². The fraction of sp³-hybridized carbons (Fsp3) is 0.750. The minimum absolute atomic E-state index is 0.271. The first-order valence-corrected chi connectivity index (χ1v) is 14.3. The molecule has 1 saturated carbocycles. The Bertz CT molecular complexity index is 495. The minimum Gasteiger partial charge on any atom is -0.0843 e. The highest BCUT2D eigenvalue weighted by atomic mass is 35.5. The van der Waals surface area contributed by atoms with Crippen LogP contribution in [0.15, 0.2) is 24.3 Å². The van der Waals surface area contributed by atoms with Gasteiger partial charge in [-0.05, 0) is 61.1 Å². The minimum atomic E-state index is -0.271. The van der Waals surface area contributed by atoms with Gasteiger partial charge in [0.2, 0.25) is 0 Å². The van der Waals surface area contributed by atoms with Gasteiger partial charge in [-0.3, -0.25) is 0 Å². The lowest BCUT2D eigenvalue weighted by Crippen LogP contribution is -2.21. The van der Waals surface area contributed by atoms with E-state index in [2.05, 4.69) is 31.2 Å². The standard InChI is InChI=1S/C24H39ClSi/c1-2-17-26-18-15-21(16-19-26)6-4-3-5-20-7-9-22(10-8-20)23-11-13-24(25)14-12-23/h11-14,20-22,26H,2-10,15-19H2,1H3/t20-,21-,22-,26-. The second-order valence-corrected chi connectivity index (χ2v) is 13.1. The summed E-state index contributed by atoms with van der Waals surface area (Å²) in [5.74, 6) is 2.88. The maximum absolute atomic E-state index is 6.02. The molecule has 0 bridgehead atoms. The lowest BCUT2D eigenvalue weighted by molar-refractivity contribution is 0.297. The van der Waals surface area contributed by atoms with Crippen molar-refractivity contribution in [2.24, 2.45) is 11.8 Å². The van der Waals surface area contributed by atoms with Gasteiger partial charge < -0.3 is 0 Å². The summed E-state index contributed by atoms with van der Waals surface area (Å²) in [5, 5.41) is 0.864. The van der Waals surface area contributed by atoms with Crippen LogP contribution >= 0.6 is 11.6 Å². The van der Waals surface area contributed by atoms with Crippen molar-refractivity contribution in [3.8, 4) is 0 Å². The van der Waals surface area contributed by atoms with Gasteiger partial charge in [-0.25, -0.2) is 0 Å². The molecule has 0 unspecified atom stereocenters. The van der Waals surface area contributed by atoms with Gasteiger partial charge in [0.05, 0.1) is 0 Å². The number of rotatable bonds is 8. The lowest BCUT2D eigenvalue weighted by atomic mass is 9.77. The van der Waals surface area contributed by atoms with Crippen molar-refractivity contribution in [2.75, 3.05) is 0 Å². The van der Waals surface area contributed by atoms with Gasteiger partial charge in [0.25, 0.3) is 0 Å². The first-order valence-electron chi connectivity index (χ1n) is 11.5. The predicted octanol–water partition coefficient (Wildman–Crippen LogP) is 8.22. The molecular weight excluding hydrogens is 352 g/mol. The smallest absolute Gasteiger partial charge is 0.0406 e. The Hall–Kier alpha value is -0.273. The van der Waals surface area contributed by atoms with Gasteiger partial charge in [0.1, 0.15) is 0 Å². The number of halogens is 1. The second-order valence-electron chi connectivity index (χ2n) is 9.23. The van der Waals surface area contributed by atoms with Gasteiger partial charge in [0, 0.05) is 13.8 Å². The largest absolute Gasteiger partial charge is 0.0843 e. The average Bonchev–Trinajstić information content (AvgIpc) is 2.68. The van der Waals surface area contributed by atoms with Crippen molar-refractivity contribution in [2.45, 2.75) is 102 Å². The van der Waals surface area contributed by atoms with E-state index in [1.165, 1.54) is 63.4 Å². The molecule has 2 fully saturated rings. The van der Waals surface area contributed by atoms with Crippen molar-refractivity contribution < 1.29 is 0 Å². The summed E-state index contributed by atoms with van der Waals surface area (Å²) in [7, 11) is -0.271. The quantitative estimate of drug-likeness (QED) is 0.309. The van der Waals surface area contributed by atoms with Crippen LogP contribution in [0.1, 0.15) is 89.0 Å². The summed E-state index contributed by atoms with van der Waals surface area (Å²) < 4.78 is 0. The van der Waals surface area contributed by atoms with E-state index in [0.717, 1.165) is 22.8 Å². The number of hydrogen-bond donors (Lipinski definition) is 0. The maximum atomic E-state index is 6.02. The summed E-state index contributed by atoms with van der Waals surface area (Å²) in [4.78, 5) is 0. The molecule has 1 aromatic rings. The molecule has 1 aromatic carbocycles. The molecule has 1 saturated heterocycles. The molecule has 0 amide bonds. The molecule has 0 aromatic heterocycles. The van der Waals surface area contributed by atoms with E-state index in [0.29, 0.717) is 0 Å². The molecule has 2 aliphatic rings. The van der Waals surface area contributed by atoms with E-state index in [-0.39, 0.29) is 8.80 Å². The van der Waals surface area contributed by atoms with Crippen molar-refractivity contribution in [3.63, 3.8) is 0 Å². The highest BCUT2D eigenvalue weighted by Crippen LogP contribution is 2.38. The summed E-state index contributed by atoms with van der Waals surface area (Å²) in [5.41, 5.74) is 1.51. The zero-order chi connectivity index (χ0) is 18.2. The average molecular weight is 391 g/mol. The fourth-order valence-corrected chi connectivity index (χ4v) is 9.30. The Balaban J connectivity index is 1.26. The first kappa shape index (κ1) is 20.5. The topological polar surface area (TPSA) is 0 Å². The highest BCUT2D eigenvalue weighted by molar-refractivity contribution is 6.58. The second kappa shape index (κ2) is 10.9. The van der Waals surface area contributed by atoms with Crippen LogP contribution in [-0.4, -0.2) is 8.80 Å². The van der Waals surface area contributed by atoms with Gasteiger partial charge in [0.15, 0.2) is 0 Å². The molecule has 146 valence electrons. The molecule has 0 nitrogen and oxygen atoms in total. The first-order chi connectivity index (χ1) is 12.7. The van der Waals surface area contributed by atoms with Crippen molar-refractivity contribution in [3.05, 3.63) is 34.9 Å². The molecule has 0 spiro atoms. The molecule has 3 rings (SSSR count). The molecule has 0 radical (unpaired) electrons. The summed E-state index contributed by atoms with van der Waals surface area (Å²) in [6.45, 7) is 2.38. The Morgan fingerprint density at radius 3 is 2.00 bits per heavy atom. The monoisotopic (exact) mass is 390 g/mol. The molecule has 0 N–H and O–H groups in total. The fourth-order valence-electron chi connectivity index (χ4n) is 5.60. The number of benzene rings is 1. The van der Waals surface area contributed by atoms with Gasteiger partial charge in [-0.15, -0.1) is 0 Å². The molecule has 0 atom stereocenters. The Morgan fingerprint density at radius 2 is 1.42 bits per heavy atom. The third-order valence-corrected chi connectivity index (χ3v) is 11.3. The van der Waals surface area contributed by atoms with Crippen LogP contribution in [-0.2, 0) is 0 Å². The molecule has 1 heterocycles. The number of unbranched alkanes of at least 4 members (excludes halogenated alkanes) is 1. The molecule has 26 heavy (non-hydrogen) atoms. The normalized spacial score (nSPS) is 29.6. The van der Waals surface area contributed by atoms with Crippen LogP contribution in [0.5, 0.6) is 0 Å². The molecule has 1 aliphatic heterocycles. The van der Waals surface area contributed by atoms with Crippen molar-refractivity contribution >= 4 is 20.4 Å². The van der Waals surface area contributed by atoms with E-state index < -0.39 is 0 Å². The van der Waals surface area contributed by atoms with E-state index in [9.17, 15) is 0 Å². The number of hydrogen-bond acceptors (Lipinski definition) is 0. The highest BCUT2D eigenvalue weighted by Gasteiger charge is 2.23. The zero-order valence-corrected chi connectivity index (χ0v) is 18.8. The maximum Gasteiger partial charge on any atom is 0.0406 e. The molecule has 1 aliphatic carbocycles. The third-order valence-electron chi connectivity index (χ3n) is 7.33. The van der Waals surface area contributed by atoms with Crippen LogP contribution in [0, 0.1) is 11.8 Å². The van der Waals surface area contributed by atoms with Crippen LogP contribution in [0.25, 0.3) is 0 Å². The van der Waals surface area contributed by atoms with E-state index in [4.69, 9.17) is 11.6 Å². The Labute approximate surface area is 168 Å². The lowest BCUT2D eigenvalue weighted by Gasteiger charge is -2.29. The van der Waals surface area contributed by atoms with E-state index >= 15 is 0 Å². The Kier molecular flexibility index (Phi) is 8.58. The summed E-state index contributed by atoms with van der Waals surface area (Å²) >= 11 is 6.02. The molecule has 2 heteroatoms. The van der Waals surface area contributed by atoms with Gasteiger partial charge in [-0.1, -0.05) is 93.7 Å². The summed E-state index contributed by atoms with van der Waals surface area (Å²) in [6.07, 6.45) is 16.3. The van der Waals surface area contributed by atoms with Gasteiger partial charge >= 0.3 is 0 Å². The third kappa shape index (κ3) is 6.41. The summed E-state index contributed by atoms with van der Waals surface area (Å²) in [6, 6.07) is 13.5. The zero-order valence-electron chi connectivity index (χ0n) is 16.9. The van der Waals surface area contributed by atoms with Crippen molar-refractivity contribution in [1.82, 2.24) is 0 Å². The van der Waals surface area contributed by atoms with Crippen LogP contribution in [0.4, 0.5) is 0 Å². The van der Waals surface area contributed by atoms with Crippen molar-refractivity contribution in [1.29, 1.82) is 0 Å². The predicted molar refractivity (Wildman–Crippen MR) is 119 cm³/mol. The van der Waals surface area contributed by atoms with Gasteiger partial charge in [-0.2, -0.15) is 0 Å². The SMILES string of the molecule is CCC[Si@H]1CC[C@H](CCCC[C@H]2CC[C@H](c3ccc(Cl)cc3)CC2)CC1. The van der Waals surface area contributed by atoms with E-state index in [1.807, 2.05) is 0 Å². The van der Waals surface area contributed by atoms with Crippen LogP contribution in [0.3, 0.4) is 0 Å². The Morgan fingerprint density at radius 1 is 0.846 bits per heavy atom. The van der Waals surface area contributed by atoms with Crippen LogP contribution < -0.4 is 0 Å².